The molecule has 7 heteroatoms. The van der Waals surface area contributed by atoms with Crippen LogP contribution in [0.2, 0.25) is 0 Å². The average molecular weight is 402 g/mol. The van der Waals surface area contributed by atoms with Gasteiger partial charge in [-0.3, -0.25) is 9.59 Å². The minimum absolute atomic E-state index is 0.235. The van der Waals surface area contributed by atoms with E-state index < -0.39 is 6.04 Å². The van der Waals surface area contributed by atoms with Crippen molar-refractivity contribution in [3.05, 3.63) is 71.2 Å². The summed E-state index contributed by atoms with van der Waals surface area (Å²) in [5.41, 5.74) is 3.95. The van der Waals surface area contributed by atoms with Crippen LogP contribution in [0.15, 0.2) is 60.0 Å². The largest absolute Gasteiger partial charge is 0.339 e. The fourth-order valence-corrected chi connectivity index (χ4v) is 4.60. The zero-order chi connectivity index (χ0) is 20.0. The molecule has 6 nitrogen and oxygen atoms in total. The summed E-state index contributed by atoms with van der Waals surface area (Å²) in [4.78, 5) is 29.6. The highest BCUT2D eigenvalue weighted by Crippen LogP contribution is 2.32. The van der Waals surface area contributed by atoms with Crippen molar-refractivity contribution in [2.45, 2.75) is 19.5 Å². The standard InChI is InChI=1S/C22H18N4O2S/c1-2-26-17-10-6-3-7-13(17)11-18(26)22-24-16(12-29-22)20(27)25-19-14-8-4-5-9-15(14)23-21(19)28/h3-12,19H,2H2,1H3,(H,23,28)(H,25,27). The molecule has 4 aromatic rings. The number of nitrogens with zero attached hydrogens (tertiary/aromatic N) is 2. The molecule has 144 valence electrons. The minimum atomic E-state index is -0.703. The Morgan fingerprint density at radius 3 is 2.86 bits per heavy atom. The first kappa shape index (κ1) is 17.6. The summed E-state index contributed by atoms with van der Waals surface area (Å²) in [6.07, 6.45) is 0. The molecule has 1 aliphatic rings. The molecular weight excluding hydrogens is 384 g/mol. The lowest BCUT2D eigenvalue weighted by molar-refractivity contribution is -0.117. The number of rotatable bonds is 4. The Morgan fingerprint density at radius 1 is 1.21 bits per heavy atom. The lowest BCUT2D eigenvalue weighted by atomic mass is 10.1. The summed E-state index contributed by atoms with van der Waals surface area (Å²) in [6.45, 7) is 2.90. The molecule has 0 aliphatic carbocycles. The maximum absolute atomic E-state index is 12.8. The summed E-state index contributed by atoms with van der Waals surface area (Å²) >= 11 is 1.43. The lowest BCUT2D eigenvalue weighted by Crippen LogP contribution is -2.33. The van der Waals surface area contributed by atoms with Gasteiger partial charge in [0.05, 0.1) is 5.69 Å². The quantitative estimate of drug-likeness (QED) is 0.537. The molecular formula is C22H18N4O2S. The van der Waals surface area contributed by atoms with E-state index in [1.807, 2.05) is 36.4 Å². The number of aromatic nitrogens is 2. The molecule has 0 bridgehead atoms. The molecule has 0 spiro atoms. The summed E-state index contributed by atoms with van der Waals surface area (Å²) in [5, 5.41) is 9.26. The van der Waals surface area contributed by atoms with Crippen LogP contribution < -0.4 is 10.6 Å². The molecule has 29 heavy (non-hydrogen) atoms. The second-order valence-electron chi connectivity index (χ2n) is 6.85. The number of thiazole rings is 1. The number of amides is 2. The van der Waals surface area contributed by atoms with Crippen LogP contribution in [0.25, 0.3) is 21.6 Å². The number of carbonyl (C=O) groups excluding carboxylic acids is 2. The molecule has 3 heterocycles. The number of anilines is 1. The van der Waals surface area contributed by atoms with Gasteiger partial charge >= 0.3 is 0 Å². The first-order valence-corrected chi connectivity index (χ1v) is 10.3. The Balaban J connectivity index is 1.44. The minimum Gasteiger partial charge on any atom is -0.339 e. The molecule has 0 saturated heterocycles. The lowest BCUT2D eigenvalue weighted by Gasteiger charge is -2.10. The van der Waals surface area contributed by atoms with Crippen LogP contribution >= 0.6 is 11.3 Å². The maximum Gasteiger partial charge on any atom is 0.271 e. The average Bonchev–Trinajstić information content (AvgIpc) is 3.43. The Hall–Kier alpha value is -3.45. The van der Waals surface area contributed by atoms with Gasteiger partial charge in [0.15, 0.2) is 0 Å². The summed E-state index contributed by atoms with van der Waals surface area (Å²) in [6, 6.07) is 16.9. The number of fused-ring (bicyclic) bond motifs is 2. The van der Waals surface area contributed by atoms with E-state index >= 15 is 0 Å². The van der Waals surface area contributed by atoms with Crippen LogP contribution in [0.5, 0.6) is 0 Å². The Labute approximate surface area is 171 Å². The molecule has 0 radical (unpaired) electrons. The first-order chi connectivity index (χ1) is 14.2. The van der Waals surface area contributed by atoms with Gasteiger partial charge in [-0.1, -0.05) is 36.4 Å². The van der Waals surface area contributed by atoms with Gasteiger partial charge < -0.3 is 15.2 Å². The zero-order valence-corrected chi connectivity index (χ0v) is 16.5. The molecule has 1 atom stereocenters. The molecule has 2 aromatic carbocycles. The fourth-order valence-electron chi connectivity index (χ4n) is 3.78. The highest BCUT2D eigenvalue weighted by Gasteiger charge is 2.32. The molecule has 0 saturated carbocycles. The van der Waals surface area contributed by atoms with Crippen molar-refractivity contribution >= 4 is 39.7 Å². The molecule has 2 N–H and O–H groups in total. The monoisotopic (exact) mass is 402 g/mol. The SMILES string of the molecule is CCn1c(-c2nc(C(=O)NC3C(=O)Nc4ccccc43)cs2)cc2ccccc21. The number of para-hydroxylation sites is 2. The van der Waals surface area contributed by atoms with Crippen molar-refractivity contribution < 1.29 is 9.59 Å². The van der Waals surface area contributed by atoms with E-state index in [1.165, 1.54) is 11.3 Å². The van der Waals surface area contributed by atoms with Gasteiger partial charge in [-0.05, 0) is 25.1 Å². The molecule has 1 unspecified atom stereocenters. The van der Waals surface area contributed by atoms with Crippen molar-refractivity contribution in [2.24, 2.45) is 0 Å². The van der Waals surface area contributed by atoms with Crippen molar-refractivity contribution in [3.63, 3.8) is 0 Å². The van der Waals surface area contributed by atoms with E-state index in [2.05, 4.69) is 45.3 Å². The molecule has 2 aromatic heterocycles. The predicted octanol–water partition coefficient (Wildman–Crippen LogP) is 4.21. The smallest absolute Gasteiger partial charge is 0.271 e. The van der Waals surface area contributed by atoms with Gasteiger partial charge in [0.25, 0.3) is 11.8 Å². The van der Waals surface area contributed by atoms with Gasteiger partial charge in [0, 0.05) is 34.1 Å². The van der Waals surface area contributed by atoms with Gasteiger partial charge in [-0.2, -0.15) is 0 Å². The second kappa shape index (κ2) is 6.86. The normalized spacial score (nSPS) is 15.3. The number of hydrogen-bond donors (Lipinski definition) is 2. The third-order valence-electron chi connectivity index (χ3n) is 5.15. The number of nitrogens with one attached hydrogen (secondary N) is 2. The molecule has 2 amide bonds. The molecule has 0 fully saturated rings. The predicted molar refractivity (Wildman–Crippen MR) is 114 cm³/mol. The highest BCUT2D eigenvalue weighted by molar-refractivity contribution is 7.13. The van der Waals surface area contributed by atoms with Crippen molar-refractivity contribution in [1.29, 1.82) is 0 Å². The van der Waals surface area contributed by atoms with Gasteiger partial charge in [-0.25, -0.2) is 4.98 Å². The Morgan fingerprint density at radius 2 is 2.00 bits per heavy atom. The molecule has 1 aliphatic heterocycles. The highest BCUT2D eigenvalue weighted by atomic mass is 32.1. The Kier molecular flexibility index (Phi) is 4.17. The van der Waals surface area contributed by atoms with Crippen LogP contribution in [0.3, 0.4) is 0 Å². The van der Waals surface area contributed by atoms with Crippen molar-refractivity contribution in [3.8, 4) is 10.7 Å². The van der Waals surface area contributed by atoms with Crippen LogP contribution in [0, 0.1) is 0 Å². The maximum atomic E-state index is 12.8. The summed E-state index contributed by atoms with van der Waals surface area (Å²) in [5.74, 6) is -0.593. The van der Waals surface area contributed by atoms with Crippen molar-refractivity contribution in [1.82, 2.24) is 14.9 Å². The number of carbonyl (C=O) groups is 2. The third-order valence-corrected chi connectivity index (χ3v) is 6.01. The van der Waals surface area contributed by atoms with Crippen LogP contribution in [0.1, 0.15) is 29.0 Å². The van der Waals surface area contributed by atoms with Gasteiger partial charge in [0.2, 0.25) is 0 Å². The van der Waals surface area contributed by atoms with Crippen LogP contribution in [-0.2, 0) is 11.3 Å². The van der Waals surface area contributed by atoms with Gasteiger partial charge in [-0.15, -0.1) is 11.3 Å². The third kappa shape index (κ3) is 2.91. The number of hydrogen-bond acceptors (Lipinski definition) is 4. The molecule has 5 rings (SSSR count). The van der Waals surface area contributed by atoms with E-state index in [-0.39, 0.29) is 11.8 Å². The first-order valence-electron chi connectivity index (χ1n) is 9.40. The van der Waals surface area contributed by atoms with E-state index in [4.69, 9.17) is 0 Å². The summed E-state index contributed by atoms with van der Waals surface area (Å²) < 4.78 is 2.19. The fraction of sp³-hybridized carbons (Fsp3) is 0.136. The van der Waals surface area contributed by atoms with E-state index in [1.54, 1.807) is 5.38 Å². The van der Waals surface area contributed by atoms with Crippen LogP contribution in [0.4, 0.5) is 5.69 Å². The van der Waals surface area contributed by atoms with Crippen LogP contribution in [-0.4, -0.2) is 21.4 Å². The van der Waals surface area contributed by atoms with E-state index in [0.717, 1.165) is 39.4 Å². The zero-order valence-electron chi connectivity index (χ0n) is 15.7. The Bertz CT molecular complexity index is 1260. The topological polar surface area (TPSA) is 76.0 Å². The summed E-state index contributed by atoms with van der Waals surface area (Å²) in [7, 11) is 0. The van der Waals surface area contributed by atoms with Gasteiger partial charge in [0.1, 0.15) is 16.7 Å². The number of aryl methyl sites for hydroxylation is 1. The van der Waals surface area contributed by atoms with E-state index in [0.29, 0.717) is 5.69 Å². The number of benzene rings is 2. The van der Waals surface area contributed by atoms with Crippen molar-refractivity contribution in [2.75, 3.05) is 5.32 Å². The van der Waals surface area contributed by atoms with E-state index in [9.17, 15) is 9.59 Å². The second-order valence-corrected chi connectivity index (χ2v) is 7.71.